The number of methoxy groups -OCH3 is 1. The maximum absolute atomic E-state index is 13.7. The summed E-state index contributed by atoms with van der Waals surface area (Å²) in [6, 6.07) is 6.78. The molecule has 0 atom stereocenters. The molecule has 2 rings (SSSR count). The molecule has 0 aliphatic carbocycles. The number of rotatable bonds is 8. The second-order valence-corrected chi connectivity index (χ2v) is 5.58. The third-order valence-corrected chi connectivity index (χ3v) is 3.80. The van der Waals surface area contributed by atoms with Gasteiger partial charge in [-0.1, -0.05) is 18.2 Å². The summed E-state index contributed by atoms with van der Waals surface area (Å²) < 4.78 is 20.6. The summed E-state index contributed by atoms with van der Waals surface area (Å²) in [5.41, 5.74) is 0.676. The van der Waals surface area contributed by atoms with Gasteiger partial charge in [-0.05, 0) is 25.0 Å². The fourth-order valence-corrected chi connectivity index (χ4v) is 2.20. The molecule has 0 saturated carbocycles. The third kappa shape index (κ3) is 5.82. The van der Waals surface area contributed by atoms with Crippen molar-refractivity contribution in [3.8, 4) is 0 Å². The van der Waals surface area contributed by atoms with Gasteiger partial charge in [-0.2, -0.15) is 0 Å². The summed E-state index contributed by atoms with van der Waals surface area (Å²) in [4.78, 5) is 4.52. The molecule has 2 aromatic rings. The van der Waals surface area contributed by atoms with Gasteiger partial charge in [0.05, 0.1) is 6.61 Å². The minimum atomic E-state index is -0.190. The van der Waals surface area contributed by atoms with Crippen molar-refractivity contribution in [2.45, 2.75) is 19.9 Å². The van der Waals surface area contributed by atoms with E-state index in [2.05, 4.69) is 25.8 Å². The molecule has 0 aliphatic heterocycles. The summed E-state index contributed by atoms with van der Waals surface area (Å²) in [7, 11) is 3.55. The van der Waals surface area contributed by atoms with Crippen LogP contribution in [-0.2, 0) is 24.8 Å². The van der Waals surface area contributed by atoms with Crippen molar-refractivity contribution >= 4 is 5.96 Å². The van der Waals surface area contributed by atoms with Gasteiger partial charge in [0.2, 0.25) is 0 Å². The monoisotopic (exact) mass is 348 g/mol. The summed E-state index contributed by atoms with van der Waals surface area (Å²) in [6.45, 7) is 4.05. The first-order valence-electron chi connectivity index (χ1n) is 8.21. The van der Waals surface area contributed by atoms with E-state index in [4.69, 9.17) is 4.74 Å². The van der Waals surface area contributed by atoms with Crippen molar-refractivity contribution in [2.24, 2.45) is 12.0 Å². The van der Waals surface area contributed by atoms with Crippen LogP contribution in [0.1, 0.15) is 17.2 Å². The van der Waals surface area contributed by atoms with Crippen LogP contribution in [0.2, 0.25) is 0 Å². The van der Waals surface area contributed by atoms with Crippen LogP contribution in [0, 0.1) is 12.7 Å². The molecule has 0 unspecified atom stereocenters. The van der Waals surface area contributed by atoms with Crippen LogP contribution in [0.15, 0.2) is 29.3 Å². The van der Waals surface area contributed by atoms with Crippen LogP contribution in [0.5, 0.6) is 0 Å². The molecule has 0 spiro atoms. The number of nitrogens with one attached hydrogen (secondary N) is 2. The highest BCUT2D eigenvalue weighted by atomic mass is 19.1. The second kappa shape index (κ2) is 9.73. The molecule has 0 saturated heterocycles. The Kier molecular flexibility index (Phi) is 7.34. The Morgan fingerprint density at radius 1 is 1.24 bits per heavy atom. The Morgan fingerprint density at radius 3 is 2.68 bits per heavy atom. The Hall–Kier alpha value is -2.48. The lowest BCUT2D eigenvalue weighted by molar-refractivity contribution is 0.203. The molecule has 0 bridgehead atoms. The number of nitrogens with zero attached hydrogens (tertiary/aromatic N) is 4. The molecule has 1 aromatic heterocycles. The lowest BCUT2D eigenvalue weighted by Crippen LogP contribution is -2.40. The van der Waals surface area contributed by atoms with E-state index in [1.165, 1.54) is 6.07 Å². The van der Waals surface area contributed by atoms with Crippen LogP contribution < -0.4 is 10.6 Å². The predicted octanol–water partition coefficient (Wildman–Crippen LogP) is 1.19. The van der Waals surface area contributed by atoms with Gasteiger partial charge >= 0.3 is 0 Å². The Labute approximate surface area is 147 Å². The number of hydrogen-bond acceptors (Lipinski definition) is 4. The van der Waals surface area contributed by atoms with Crippen LogP contribution >= 0.6 is 0 Å². The third-order valence-electron chi connectivity index (χ3n) is 3.80. The molecule has 0 radical (unpaired) electrons. The SMILES string of the molecule is COCCNC(=NCc1nnc(C)n1C)NCCc1ccccc1F. The van der Waals surface area contributed by atoms with Crippen LogP contribution in [-0.4, -0.2) is 47.5 Å². The summed E-state index contributed by atoms with van der Waals surface area (Å²) >= 11 is 0. The summed E-state index contributed by atoms with van der Waals surface area (Å²) in [5.74, 6) is 2.06. The molecule has 0 amide bonds. The number of benzene rings is 1. The van der Waals surface area contributed by atoms with E-state index < -0.39 is 0 Å². The van der Waals surface area contributed by atoms with Gasteiger partial charge in [-0.25, -0.2) is 9.38 Å². The van der Waals surface area contributed by atoms with Crippen molar-refractivity contribution in [3.05, 3.63) is 47.3 Å². The molecule has 136 valence electrons. The van der Waals surface area contributed by atoms with Crippen molar-refractivity contribution in [3.63, 3.8) is 0 Å². The van der Waals surface area contributed by atoms with Gasteiger partial charge < -0.3 is 19.9 Å². The van der Waals surface area contributed by atoms with Gasteiger partial charge in [-0.3, -0.25) is 0 Å². The van der Waals surface area contributed by atoms with E-state index in [1.54, 1.807) is 19.2 Å². The first-order valence-corrected chi connectivity index (χ1v) is 8.21. The van der Waals surface area contributed by atoms with Crippen LogP contribution in [0.4, 0.5) is 4.39 Å². The topological polar surface area (TPSA) is 76.4 Å². The van der Waals surface area contributed by atoms with Gasteiger partial charge in [0, 0.05) is 27.2 Å². The molecule has 25 heavy (non-hydrogen) atoms. The number of hydrogen-bond donors (Lipinski definition) is 2. The number of aromatic nitrogens is 3. The Bertz CT molecular complexity index is 700. The molecule has 1 heterocycles. The second-order valence-electron chi connectivity index (χ2n) is 5.58. The minimum Gasteiger partial charge on any atom is -0.383 e. The van der Waals surface area contributed by atoms with Gasteiger partial charge in [0.1, 0.15) is 18.2 Å². The largest absolute Gasteiger partial charge is 0.383 e. The lowest BCUT2D eigenvalue weighted by Gasteiger charge is -2.12. The first-order chi connectivity index (χ1) is 12.1. The highest BCUT2D eigenvalue weighted by molar-refractivity contribution is 5.79. The maximum atomic E-state index is 13.7. The van der Waals surface area contributed by atoms with Crippen molar-refractivity contribution in [2.75, 3.05) is 26.8 Å². The molecular weight excluding hydrogens is 323 g/mol. The number of guanidine groups is 1. The fourth-order valence-electron chi connectivity index (χ4n) is 2.20. The summed E-state index contributed by atoms with van der Waals surface area (Å²) in [6.07, 6.45) is 0.570. The number of aliphatic imine (C=N–C) groups is 1. The first kappa shape index (κ1) is 18.9. The smallest absolute Gasteiger partial charge is 0.191 e. The average Bonchev–Trinajstić information content (AvgIpc) is 2.93. The van der Waals surface area contributed by atoms with Gasteiger partial charge in [-0.15, -0.1) is 10.2 Å². The minimum absolute atomic E-state index is 0.190. The van der Waals surface area contributed by atoms with Crippen molar-refractivity contribution in [1.82, 2.24) is 25.4 Å². The van der Waals surface area contributed by atoms with Gasteiger partial charge in [0.15, 0.2) is 11.8 Å². The lowest BCUT2D eigenvalue weighted by atomic mass is 10.1. The number of halogens is 1. The standard InChI is InChI=1S/C17H25FN6O/c1-13-22-23-16(24(13)2)12-21-17(20-10-11-25-3)19-9-8-14-6-4-5-7-15(14)18/h4-7H,8-12H2,1-3H3,(H2,19,20,21). The molecule has 0 aliphatic rings. The van der Waals surface area contributed by atoms with E-state index in [1.807, 2.05) is 24.6 Å². The molecule has 0 fully saturated rings. The average molecular weight is 348 g/mol. The van der Waals surface area contributed by atoms with E-state index in [0.29, 0.717) is 44.2 Å². The van der Waals surface area contributed by atoms with E-state index >= 15 is 0 Å². The normalized spacial score (nSPS) is 11.6. The maximum Gasteiger partial charge on any atom is 0.191 e. The Morgan fingerprint density at radius 2 is 2.00 bits per heavy atom. The molecular formula is C17H25FN6O. The number of ether oxygens (including phenoxy) is 1. The highest BCUT2D eigenvalue weighted by Gasteiger charge is 2.06. The van der Waals surface area contributed by atoms with E-state index in [-0.39, 0.29) is 5.82 Å². The summed E-state index contributed by atoms with van der Waals surface area (Å²) in [5, 5.41) is 14.5. The van der Waals surface area contributed by atoms with Gasteiger partial charge in [0.25, 0.3) is 0 Å². The zero-order valence-corrected chi connectivity index (χ0v) is 14.9. The van der Waals surface area contributed by atoms with E-state index in [0.717, 1.165) is 11.6 Å². The molecule has 8 heteroatoms. The van der Waals surface area contributed by atoms with Crippen molar-refractivity contribution in [1.29, 1.82) is 0 Å². The number of aryl methyl sites for hydroxylation is 1. The fraction of sp³-hybridized carbons (Fsp3) is 0.471. The van der Waals surface area contributed by atoms with Crippen molar-refractivity contribution < 1.29 is 9.13 Å². The highest BCUT2D eigenvalue weighted by Crippen LogP contribution is 2.06. The Balaban J connectivity index is 1.93. The zero-order valence-electron chi connectivity index (χ0n) is 14.9. The van der Waals surface area contributed by atoms with Crippen LogP contribution in [0.3, 0.4) is 0 Å². The van der Waals surface area contributed by atoms with E-state index in [9.17, 15) is 4.39 Å². The zero-order chi connectivity index (χ0) is 18.1. The predicted molar refractivity (Wildman–Crippen MR) is 94.9 cm³/mol. The molecule has 7 nitrogen and oxygen atoms in total. The van der Waals surface area contributed by atoms with Crippen LogP contribution in [0.25, 0.3) is 0 Å². The molecule has 1 aromatic carbocycles. The quantitative estimate of drug-likeness (QED) is 0.426. The molecule has 2 N–H and O–H groups in total.